The van der Waals surface area contributed by atoms with Crippen LogP contribution in [0.5, 0.6) is 0 Å². The van der Waals surface area contributed by atoms with E-state index in [-0.39, 0.29) is 40.9 Å². The van der Waals surface area contributed by atoms with Crippen molar-refractivity contribution in [1.82, 2.24) is 19.4 Å². The normalized spacial score (nSPS) is 14.6. The molecule has 1 fully saturated rings. The number of carbonyl (C=O) groups is 2. The Morgan fingerprint density at radius 3 is 2.52 bits per heavy atom. The maximum atomic E-state index is 13.5. The molecule has 0 bridgehead atoms. The van der Waals surface area contributed by atoms with E-state index < -0.39 is 23.1 Å². The number of aromatic amines is 1. The van der Waals surface area contributed by atoms with Crippen molar-refractivity contribution in [3.63, 3.8) is 0 Å². The van der Waals surface area contributed by atoms with Crippen LogP contribution in [-0.2, 0) is 16.1 Å². The van der Waals surface area contributed by atoms with Crippen LogP contribution in [0.3, 0.4) is 0 Å². The molecule has 1 amide bonds. The molecule has 0 aliphatic heterocycles. The molecule has 1 aliphatic rings. The van der Waals surface area contributed by atoms with Gasteiger partial charge in [-0.2, -0.15) is 0 Å². The van der Waals surface area contributed by atoms with Crippen molar-refractivity contribution in [2.75, 3.05) is 20.2 Å². The van der Waals surface area contributed by atoms with Crippen molar-refractivity contribution in [1.29, 1.82) is 0 Å². The van der Waals surface area contributed by atoms with Gasteiger partial charge in [-0.25, -0.2) is 9.78 Å². The summed E-state index contributed by atoms with van der Waals surface area (Å²) in [5.74, 6) is -0.921. The molecular formula is C22H30N4O5. The standard InChI is InChI=1S/C22H30N4O5/c1-6-25(11-13(4)21(29)31-5)20(28)15-9-16(14-7-8-14)23-18-17(15)19(27)24-22(30)26(18)10-12(2)3/h9,12-14H,6-8,10-11H2,1-5H3,(H,24,27,30). The van der Waals surface area contributed by atoms with Gasteiger partial charge in [0.2, 0.25) is 0 Å². The first-order chi connectivity index (χ1) is 14.7. The number of carbonyl (C=O) groups excluding carboxylic acids is 2. The van der Waals surface area contributed by atoms with Crippen LogP contribution < -0.4 is 11.2 Å². The minimum Gasteiger partial charge on any atom is -0.469 e. The summed E-state index contributed by atoms with van der Waals surface area (Å²) in [4.78, 5) is 59.2. The van der Waals surface area contributed by atoms with Gasteiger partial charge in [0.15, 0.2) is 5.65 Å². The van der Waals surface area contributed by atoms with E-state index in [0.717, 1.165) is 18.5 Å². The molecule has 3 rings (SSSR count). The van der Waals surface area contributed by atoms with Crippen molar-refractivity contribution in [2.45, 2.75) is 53.0 Å². The van der Waals surface area contributed by atoms with Crippen LogP contribution in [0.1, 0.15) is 62.5 Å². The smallest absolute Gasteiger partial charge is 0.330 e. The van der Waals surface area contributed by atoms with Gasteiger partial charge in [-0.15, -0.1) is 0 Å². The van der Waals surface area contributed by atoms with Crippen molar-refractivity contribution < 1.29 is 14.3 Å². The van der Waals surface area contributed by atoms with Gasteiger partial charge in [0.1, 0.15) is 0 Å². The van der Waals surface area contributed by atoms with Crippen LogP contribution in [-0.4, -0.2) is 51.5 Å². The van der Waals surface area contributed by atoms with Crippen LogP contribution >= 0.6 is 0 Å². The molecule has 2 aromatic rings. The van der Waals surface area contributed by atoms with Crippen molar-refractivity contribution in [3.05, 3.63) is 38.2 Å². The molecule has 0 aromatic carbocycles. The fourth-order valence-corrected chi connectivity index (χ4v) is 3.72. The van der Waals surface area contributed by atoms with Gasteiger partial charge in [0.05, 0.1) is 24.0 Å². The van der Waals surface area contributed by atoms with Gasteiger partial charge in [-0.3, -0.25) is 23.9 Å². The highest BCUT2D eigenvalue weighted by molar-refractivity contribution is 6.05. The molecule has 168 valence electrons. The lowest BCUT2D eigenvalue weighted by molar-refractivity contribution is -0.145. The first kappa shape index (κ1) is 22.7. The number of hydrogen-bond donors (Lipinski definition) is 1. The van der Waals surface area contributed by atoms with Gasteiger partial charge in [-0.05, 0) is 31.7 Å². The molecule has 0 spiro atoms. The van der Waals surface area contributed by atoms with Crippen LogP contribution in [0.4, 0.5) is 0 Å². The molecule has 9 nitrogen and oxygen atoms in total. The summed E-state index contributed by atoms with van der Waals surface area (Å²) in [5, 5.41) is 0.110. The SMILES string of the molecule is CCN(CC(C)C(=O)OC)C(=O)c1cc(C2CC2)nc2c1c(=O)[nH]c(=O)n2CC(C)C. The average molecular weight is 431 g/mol. The third kappa shape index (κ3) is 4.70. The second-order valence-corrected chi connectivity index (χ2v) is 8.60. The number of rotatable bonds is 8. The van der Waals surface area contributed by atoms with Gasteiger partial charge in [0, 0.05) is 31.2 Å². The second kappa shape index (κ2) is 9.03. The number of ether oxygens (including phenoxy) is 1. The number of aromatic nitrogens is 3. The number of esters is 1. The number of pyridine rings is 1. The number of fused-ring (bicyclic) bond motifs is 1. The molecule has 9 heteroatoms. The Labute approximate surface area is 180 Å². The van der Waals surface area contributed by atoms with E-state index >= 15 is 0 Å². The third-order valence-corrected chi connectivity index (χ3v) is 5.51. The quantitative estimate of drug-likeness (QED) is 0.640. The first-order valence-electron chi connectivity index (χ1n) is 10.7. The fraction of sp³-hybridized carbons (Fsp3) is 0.591. The lowest BCUT2D eigenvalue weighted by atomic mass is 10.1. The van der Waals surface area contributed by atoms with E-state index in [1.807, 2.05) is 20.8 Å². The minimum atomic E-state index is -0.629. The molecule has 0 radical (unpaired) electrons. The monoisotopic (exact) mass is 430 g/mol. The lowest BCUT2D eigenvalue weighted by Gasteiger charge is -2.24. The van der Waals surface area contributed by atoms with Crippen LogP contribution in [0, 0.1) is 11.8 Å². The number of nitrogens with zero attached hydrogens (tertiary/aromatic N) is 3. The summed E-state index contributed by atoms with van der Waals surface area (Å²) in [6.07, 6.45) is 1.92. The third-order valence-electron chi connectivity index (χ3n) is 5.51. The van der Waals surface area contributed by atoms with E-state index in [9.17, 15) is 19.2 Å². The Hall–Kier alpha value is -2.97. The lowest BCUT2D eigenvalue weighted by Crippen LogP contribution is -2.39. The zero-order chi connectivity index (χ0) is 22.9. The Bertz CT molecular complexity index is 1110. The molecule has 1 N–H and O–H groups in total. The minimum absolute atomic E-state index is 0.110. The summed E-state index contributed by atoms with van der Waals surface area (Å²) in [6.45, 7) is 8.32. The van der Waals surface area contributed by atoms with E-state index in [4.69, 9.17) is 4.74 Å². The molecule has 1 unspecified atom stereocenters. The zero-order valence-electron chi connectivity index (χ0n) is 18.7. The summed E-state index contributed by atoms with van der Waals surface area (Å²) < 4.78 is 6.22. The predicted molar refractivity (Wildman–Crippen MR) is 116 cm³/mol. The van der Waals surface area contributed by atoms with Crippen molar-refractivity contribution in [3.8, 4) is 0 Å². The molecule has 1 saturated carbocycles. The largest absolute Gasteiger partial charge is 0.469 e. The fourth-order valence-electron chi connectivity index (χ4n) is 3.72. The Balaban J connectivity index is 2.18. The second-order valence-electron chi connectivity index (χ2n) is 8.60. The topological polar surface area (TPSA) is 114 Å². The molecular weight excluding hydrogens is 400 g/mol. The molecule has 1 atom stereocenters. The predicted octanol–water partition coefficient (Wildman–Crippen LogP) is 1.89. The summed E-state index contributed by atoms with van der Waals surface area (Å²) in [7, 11) is 1.31. The zero-order valence-corrected chi connectivity index (χ0v) is 18.7. The summed E-state index contributed by atoms with van der Waals surface area (Å²) in [6, 6.07) is 1.67. The summed E-state index contributed by atoms with van der Waals surface area (Å²) >= 11 is 0. The highest BCUT2D eigenvalue weighted by Gasteiger charge is 2.30. The van der Waals surface area contributed by atoms with Crippen LogP contribution in [0.15, 0.2) is 15.7 Å². The maximum Gasteiger partial charge on any atom is 0.330 e. The Morgan fingerprint density at radius 1 is 1.29 bits per heavy atom. The number of methoxy groups -OCH3 is 1. The molecule has 0 saturated heterocycles. The Morgan fingerprint density at radius 2 is 1.97 bits per heavy atom. The van der Waals surface area contributed by atoms with Crippen molar-refractivity contribution in [2.24, 2.45) is 11.8 Å². The first-order valence-corrected chi connectivity index (χ1v) is 10.7. The van der Waals surface area contributed by atoms with Crippen LogP contribution in [0.2, 0.25) is 0 Å². The van der Waals surface area contributed by atoms with Crippen LogP contribution in [0.25, 0.3) is 11.0 Å². The molecule has 2 aromatic heterocycles. The maximum absolute atomic E-state index is 13.5. The van der Waals surface area contributed by atoms with Crippen molar-refractivity contribution >= 4 is 22.9 Å². The average Bonchev–Trinajstić information content (AvgIpc) is 3.58. The number of amides is 1. The number of hydrogen-bond acceptors (Lipinski definition) is 6. The summed E-state index contributed by atoms with van der Waals surface area (Å²) in [5.41, 5.74) is 0.0132. The highest BCUT2D eigenvalue weighted by atomic mass is 16.5. The number of nitrogens with one attached hydrogen (secondary N) is 1. The Kier molecular flexibility index (Phi) is 6.62. The highest BCUT2D eigenvalue weighted by Crippen LogP contribution is 2.40. The van der Waals surface area contributed by atoms with E-state index in [1.54, 1.807) is 13.0 Å². The van der Waals surface area contributed by atoms with E-state index in [2.05, 4.69) is 9.97 Å². The van der Waals surface area contributed by atoms with Gasteiger partial charge in [0.25, 0.3) is 11.5 Å². The van der Waals surface area contributed by atoms with E-state index in [1.165, 1.54) is 16.6 Å². The van der Waals surface area contributed by atoms with Gasteiger partial charge >= 0.3 is 11.7 Å². The van der Waals surface area contributed by atoms with Gasteiger partial charge in [-0.1, -0.05) is 20.8 Å². The molecule has 1 aliphatic carbocycles. The number of H-pyrrole nitrogens is 1. The van der Waals surface area contributed by atoms with Gasteiger partial charge < -0.3 is 9.64 Å². The molecule has 2 heterocycles. The van der Waals surface area contributed by atoms with E-state index in [0.29, 0.717) is 13.1 Å². The molecule has 31 heavy (non-hydrogen) atoms.